The van der Waals surface area contributed by atoms with Gasteiger partial charge in [0.2, 0.25) is 0 Å². The van der Waals surface area contributed by atoms with Gasteiger partial charge in [-0.2, -0.15) is 0 Å². The average molecular weight is 314 g/mol. The van der Waals surface area contributed by atoms with Crippen molar-refractivity contribution in [3.05, 3.63) is 23.8 Å². The van der Waals surface area contributed by atoms with Gasteiger partial charge in [-0.15, -0.1) is 4.83 Å². The molecule has 0 unspecified atom stereocenters. The molecule has 7 heteroatoms. The third kappa shape index (κ3) is 4.16. The minimum atomic E-state index is -3.63. The number of ether oxygens (including phenoxy) is 1. The molecule has 1 aromatic rings. The van der Waals surface area contributed by atoms with Crippen molar-refractivity contribution in [3.63, 3.8) is 0 Å². The second-order valence-corrected chi connectivity index (χ2v) is 6.72. The molecule has 2 rings (SSSR count). The first-order valence-electron chi connectivity index (χ1n) is 7.12. The number of nitrogens with one attached hydrogen (secondary N) is 1. The molecule has 21 heavy (non-hydrogen) atoms. The Kier molecular flexibility index (Phi) is 5.58. The topological polar surface area (TPSA) is 78.9 Å². The highest BCUT2D eigenvalue weighted by molar-refractivity contribution is 7.89. The van der Waals surface area contributed by atoms with E-state index in [9.17, 15) is 8.42 Å². The van der Waals surface area contributed by atoms with Crippen LogP contribution >= 0.6 is 0 Å². The van der Waals surface area contributed by atoms with E-state index in [1.807, 2.05) is 0 Å². The van der Waals surface area contributed by atoms with E-state index >= 15 is 0 Å². The predicted octanol–water partition coefficient (Wildman–Crippen LogP) is 0.909. The van der Waals surface area contributed by atoms with Gasteiger partial charge in [-0.25, -0.2) is 13.4 Å². The van der Waals surface area contributed by atoms with E-state index in [2.05, 4.69) is 4.83 Å². The van der Waals surface area contributed by atoms with Crippen LogP contribution in [0.15, 0.2) is 23.1 Å². The van der Waals surface area contributed by atoms with Crippen molar-refractivity contribution < 1.29 is 18.3 Å². The summed E-state index contributed by atoms with van der Waals surface area (Å²) in [5.41, 5.74) is 0.557. The Balaban J connectivity index is 2.25. The van der Waals surface area contributed by atoms with Gasteiger partial charge < -0.3 is 9.84 Å². The average Bonchev–Trinajstić information content (AvgIpc) is 2.48. The molecule has 1 heterocycles. The highest BCUT2D eigenvalue weighted by Gasteiger charge is 2.22. The van der Waals surface area contributed by atoms with Crippen molar-refractivity contribution in [1.29, 1.82) is 0 Å². The normalized spacial score (nSPS) is 16.9. The lowest BCUT2D eigenvalue weighted by atomic mass is 10.1. The molecule has 0 amide bonds. The lowest BCUT2D eigenvalue weighted by molar-refractivity contribution is 0.200. The molecule has 1 aliphatic heterocycles. The maximum atomic E-state index is 12.5. The molecule has 6 nitrogen and oxygen atoms in total. The number of rotatable bonds is 6. The molecule has 0 aromatic heterocycles. The molecule has 0 spiro atoms. The third-order valence-electron chi connectivity index (χ3n) is 3.54. The molecule has 1 fully saturated rings. The summed E-state index contributed by atoms with van der Waals surface area (Å²) in [5, 5.41) is 10.9. The number of hydrogen-bond donors (Lipinski definition) is 2. The number of benzene rings is 1. The van der Waals surface area contributed by atoms with Crippen LogP contribution in [-0.2, 0) is 16.4 Å². The number of sulfonamides is 1. The number of aliphatic hydroxyl groups is 1. The van der Waals surface area contributed by atoms with Crippen LogP contribution in [0, 0.1) is 0 Å². The van der Waals surface area contributed by atoms with Gasteiger partial charge in [0.25, 0.3) is 10.0 Å². The molecule has 0 atom stereocenters. The largest absolute Gasteiger partial charge is 0.497 e. The van der Waals surface area contributed by atoms with Gasteiger partial charge in [-0.1, -0.05) is 6.42 Å². The third-order valence-corrected chi connectivity index (χ3v) is 5.02. The highest BCUT2D eigenvalue weighted by Crippen LogP contribution is 2.23. The van der Waals surface area contributed by atoms with Crippen molar-refractivity contribution in [2.75, 3.05) is 26.8 Å². The fourth-order valence-corrected chi connectivity index (χ4v) is 3.84. The summed E-state index contributed by atoms with van der Waals surface area (Å²) in [4.78, 5) is 2.83. The van der Waals surface area contributed by atoms with Crippen molar-refractivity contribution in [2.45, 2.75) is 30.6 Å². The summed E-state index contributed by atoms with van der Waals surface area (Å²) in [6, 6.07) is 4.79. The van der Waals surface area contributed by atoms with Crippen LogP contribution < -0.4 is 9.57 Å². The molecule has 0 saturated carbocycles. The summed E-state index contributed by atoms with van der Waals surface area (Å²) in [7, 11) is -2.10. The number of methoxy groups -OCH3 is 1. The van der Waals surface area contributed by atoms with Crippen molar-refractivity contribution in [1.82, 2.24) is 9.84 Å². The van der Waals surface area contributed by atoms with Gasteiger partial charge in [-0.3, -0.25) is 0 Å². The van der Waals surface area contributed by atoms with Gasteiger partial charge in [0.05, 0.1) is 12.0 Å². The van der Waals surface area contributed by atoms with Crippen LogP contribution in [0.25, 0.3) is 0 Å². The zero-order valence-corrected chi connectivity index (χ0v) is 13.0. The molecule has 0 radical (unpaired) electrons. The van der Waals surface area contributed by atoms with E-state index in [1.54, 1.807) is 17.1 Å². The molecule has 1 aliphatic rings. The zero-order valence-electron chi connectivity index (χ0n) is 12.2. The van der Waals surface area contributed by atoms with E-state index in [1.165, 1.54) is 13.2 Å². The minimum absolute atomic E-state index is 0.112. The summed E-state index contributed by atoms with van der Waals surface area (Å²) >= 11 is 0. The fourth-order valence-electron chi connectivity index (χ4n) is 2.47. The number of hydrazine groups is 1. The Hall–Kier alpha value is -1.15. The van der Waals surface area contributed by atoms with Crippen LogP contribution in [0.1, 0.15) is 24.8 Å². The van der Waals surface area contributed by atoms with Crippen molar-refractivity contribution in [2.24, 2.45) is 0 Å². The van der Waals surface area contributed by atoms with E-state index in [-0.39, 0.29) is 17.9 Å². The van der Waals surface area contributed by atoms with Gasteiger partial charge >= 0.3 is 0 Å². The molecular weight excluding hydrogens is 292 g/mol. The Morgan fingerprint density at radius 3 is 2.62 bits per heavy atom. The summed E-state index contributed by atoms with van der Waals surface area (Å²) in [6.45, 7) is 1.34. The second-order valence-electron chi connectivity index (χ2n) is 5.09. The first-order chi connectivity index (χ1) is 10.1. The SMILES string of the molecule is COc1ccc(S(=O)(=O)NN2CCCCC2)c(CCO)c1. The first kappa shape index (κ1) is 16.2. The molecule has 118 valence electrons. The van der Waals surface area contributed by atoms with Crippen LogP contribution in [0.2, 0.25) is 0 Å². The van der Waals surface area contributed by atoms with Gasteiger partial charge in [0.15, 0.2) is 0 Å². The van der Waals surface area contributed by atoms with Crippen molar-refractivity contribution >= 4 is 10.0 Å². The standard InChI is InChI=1S/C14H22N2O4S/c1-20-13-5-6-14(12(11-13)7-10-17)21(18,19)15-16-8-3-2-4-9-16/h5-6,11,15,17H,2-4,7-10H2,1H3. The lowest BCUT2D eigenvalue weighted by Crippen LogP contribution is -2.45. The second kappa shape index (κ2) is 7.22. The maximum Gasteiger partial charge on any atom is 0.253 e. The number of aliphatic hydroxyl groups excluding tert-OH is 1. The number of hydrogen-bond acceptors (Lipinski definition) is 5. The van der Waals surface area contributed by atoms with E-state index < -0.39 is 10.0 Å². The number of piperidine rings is 1. The highest BCUT2D eigenvalue weighted by atomic mass is 32.2. The van der Waals surface area contributed by atoms with Crippen LogP contribution in [0.3, 0.4) is 0 Å². The quantitative estimate of drug-likeness (QED) is 0.816. The Morgan fingerprint density at radius 1 is 1.29 bits per heavy atom. The molecule has 2 N–H and O–H groups in total. The molecule has 1 aromatic carbocycles. The monoisotopic (exact) mass is 314 g/mol. The summed E-state index contributed by atoms with van der Waals surface area (Å²) in [5.74, 6) is 0.579. The number of nitrogens with zero attached hydrogens (tertiary/aromatic N) is 1. The van der Waals surface area contributed by atoms with Crippen LogP contribution in [0.4, 0.5) is 0 Å². The van der Waals surface area contributed by atoms with Gasteiger partial charge in [0.1, 0.15) is 5.75 Å². The molecular formula is C14H22N2O4S. The van der Waals surface area contributed by atoms with E-state index in [4.69, 9.17) is 9.84 Å². The van der Waals surface area contributed by atoms with Crippen LogP contribution in [-0.4, -0.2) is 45.3 Å². The van der Waals surface area contributed by atoms with Crippen molar-refractivity contribution in [3.8, 4) is 5.75 Å². The Morgan fingerprint density at radius 2 is 2.00 bits per heavy atom. The lowest BCUT2D eigenvalue weighted by Gasteiger charge is -2.27. The summed E-state index contributed by atoms with van der Waals surface area (Å²) in [6.07, 6.45) is 3.40. The summed E-state index contributed by atoms with van der Waals surface area (Å²) < 4.78 is 30.2. The smallest absolute Gasteiger partial charge is 0.253 e. The molecule has 0 bridgehead atoms. The van der Waals surface area contributed by atoms with Gasteiger partial charge in [-0.05, 0) is 43.0 Å². The van der Waals surface area contributed by atoms with E-state index in [0.29, 0.717) is 11.3 Å². The molecule has 0 aliphatic carbocycles. The zero-order chi connectivity index (χ0) is 15.3. The Bertz CT molecular complexity index is 568. The van der Waals surface area contributed by atoms with Gasteiger partial charge in [0, 0.05) is 19.7 Å². The van der Waals surface area contributed by atoms with Crippen LogP contribution in [0.5, 0.6) is 5.75 Å². The molecule has 1 saturated heterocycles. The Labute approximate surface area is 125 Å². The maximum absolute atomic E-state index is 12.5. The minimum Gasteiger partial charge on any atom is -0.497 e. The fraction of sp³-hybridized carbons (Fsp3) is 0.571. The first-order valence-corrected chi connectivity index (χ1v) is 8.60. The van der Waals surface area contributed by atoms with E-state index in [0.717, 1.165) is 32.4 Å². The predicted molar refractivity (Wildman–Crippen MR) is 79.5 cm³/mol.